The van der Waals surface area contributed by atoms with Crippen LogP contribution in [0.4, 0.5) is 0 Å². The molecule has 1 aliphatic rings. The van der Waals surface area contributed by atoms with E-state index in [9.17, 15) is 0 Å². The molecule has 0 saturated carbocycles. The van der Waals surface area contributed by atoms with E-state index in [4.69, 9.17) is 0 Å². The van der Waals surface area contributed by atoms with Crippen molar-refractivity contribution in [2.24, 2.45) is 0 Å². The predicted octanol–water partition coefficient (Wildman–Crippen LogP) is 3.41. The summed E-state index contributed by atoms with van der Waals surface area (Å²) in [5, 5.41) is 5.94. The minimum absolute atomic E-state index is 0.697. The lowest BCUT2D eigenvalue weighted by Gasteiger charge is -2.24. The number of nitrogens with zero attached hydrogens (tertiary/aromatic N) is 1. The molecule has 1 aromatic heterocycles. The van der Waals surface area contributed by atoms with Crippen LogP contribution in [-0.2, 0) is 6.54 Å². The summed E-state index contributed by atoms with van der Waals surface area (Å²) in [5.74, 6) is 0. The standard InChI is InChI=1S/C15H26N2S/c1-12(2)17-8-4-5-14(6-9-17)16-11-15-13(3)7-10-18-15/h7,10,12,14,16H,4-6,8-9,11H2,1-3H3. The number of thiophene rings is 1. The van der Waals surface area contributed by atoms with Crippen LogP contribution in [0.5, 0.6) is 0 Å². The number of nitrogens with one attached hydrogen (secondary N) is 1. The average molecular weight is 266 g/mol. The van der Waals surface area contributed by atoms with E-state index in [0.29, 0.717) is 12.1 Å². The lowest BCUT2D eigenvalue weighted by atomic mass is 10.1. The summed E-state index contributed by atoms with van der Waals surface area (Å²) in [4.78, 5) is 4.11. The molecule has 18 heavy (non-hydrogen) atoms. The van der Waals surface area contributed by atoms with Crippen molar-refractivity contribution in [3.8, 4) is 0 Å². The maximum Gasteiger partial charge on any atom is 0.0304 e. The van der Waals surface area contributed by atoms with Crippen LogP contribution in [0.25, 0.3) is 0 Å². The van der Waals surface area contributed by atoms with E-state index < -0.39 is 0 Å². The molecule has 2 rings (SSSR count). The molecule has 0 spiro atoms. The minimum Gasteiger partial charge on any atom is -0.309 e. The highest BCUT2D eigenvalue weighted by molar-refractivity contribution is 7.10. The highest BCUT2D eigenvalue weighted by Gasteiger charge is 2.18. The van der Waals surface area contributed by atoms with Crippen molar-refractivity contribution in [3.63, 3.8) is 0 Å². The predicted molar refractivity (Wildman–Crippen MR) is 80.2 cm³/mol. The summed E-state index contributed by atoms with van der Waals surface area (Å²) in [6.07, 6.45) is 3.95. The summed E-state index contributed by atoms with van der Waals surface area (Å²) in [6, 6.07) is 3.62. The van der Waals surface area contributed by atoms with Gasteiger partial charge in [-0.15, -0.1) is 11.3 Å². The van der Waals surface area contributed by atoms with Gasteiger partial charge in [0.2, 0.25) is 0 Å². The molecule has 1 saturated heterocycles. The Morgan fingerprint density at radius 1 is 1.39 bits per heavy atom. The monoisotopic (exact) mass is 266 g/mol. The van der Waals surface area contributed by atoms with Gasteiger partial charge in [0.1, 0.15) is 0 Å². The molecule has 1 fully saturated rings. The van der Waals surface area contributed by atoms with E-state index in [-0.39, 0.29) is 0 Å². The van der Waals surface area contributed by atoms with Crippen LogP contribution >= 0.6 is 11.3 Å². The Morgan fingerprint density at radius 3 is 2.89 bits per heavy atom. The van der Waals surface area contributed by atoms with Crippen molar-refractivity contribution in [2.75, 3.05) is 13.1 Å². The second-order valence-corrected chi connectivity index (χ2v) is 6.67. The number of rotatable bonds is 4. The zero-order chi connectivity index (χ0) is 13.0. The fraction of sp³-hybridized carbons (Fsp3) is 0.733. The summed E-state index contributed by atoms with van der Waals surface area (Å²) in [7, 11) is 0. The lowest BCUT2D eigenvalue weighted by Crippen LogP contribution is -2.33. The maximum absolute atomic E-state index is 3.75. The molecule has 1 unspecified atom stereocenters. The highest BCUT2D eigenvalue weighted by atomic mass is 32.1. The van der Waals surface area contributed by atoms with Crippen molar-refractivity contribution in [1.82, 2.24) is 10.2 Å². The average Bonchev–Trinajstić information content (AvgIpc) is 2.62. The Morgan fingerprint density at radius 2 is 2.22 bits per heavy atom. The van der Waals surface area contributed by atoms with Gasteiger partial charge in [-0.05, 0) is 70.1 Å². The molecule has 1 aliphatic heterocycles. The fourth-order valence-electron chi connectivity index (χ4n) is 2.66. The quantitative estimate of drug-likeness (QED) is 0.898. The van der Waals surface area contributed by atoms with Gasteiger partial charge in [-0.1, -0.05) is 0 Å². The van der Waals surface area contributed by atoms with Crippen molar-refractivity contribution in [1.29, 1.82) is 0 Å². The highest BCUT2D eigenvalue weighted by Crippen LogP contribution is 2.17. The van der Waals surface area contributed by atoms with Crippen LogP contribution in [0.15, 0.2) is 11.4 Å². The summed E-state index contributed by atoms with van der Waals surface area (Å²) < 4.78 is 0. The van der Waals surface area contributed by atoms with Gasteiger partial charge in [0, 0.05) is 23.5 Å². The molecule has 1 atom stereocenters. The Kier molecular flexibility index (Phi) is 5.22. The van der Waals surface area contributed by atoms with E-state index in [0.717, 1.165) is 6.54 Å². The topological polar surface area (TPSA) is 15.3 Å². The second kappa shape index (κ2) is 6.69. The van der Waals surface area contributed by atoms with Crippen LogP contribution in [0.3, 0.4) is 0 Å². The molecule has 0 bridgehead atoms. The number of hydrogen-bond acceptors (Lipinski definition) is 3. The summed E-state index contributed by atoms with van der Waals surface area (Å²) in [6.45, 7) is 10.4. The van der Waals surface area contributed by atoms with Gasteiger partial charge in [-0.25, -0.2) is 0 Å². The summed E-state index contributed by atoms with van der Waals surface area (Å²) >= 11 is 1.88. The van der Waals surface area contributed by atoms with E-state index in [1.807, 2.05) is 11.3 Å². The molecule has 3 heteroatoms. The van der Waals surface area contributed by atoms with E-state index in [1.165, 1.54) is 42.8 Å². The van der Waals surface area contributed by atoms with Crippen LogP contribution in [0, 0.1) is 6.92 Å². The van der Waals surface area contributed by atoms with E-state index in [2.05, 4.69) is 42.4 Å². The molecule has 0 radical (unpaired) electrons. The normalized spacial score (nSPS) is 22.3. The van der Waals surface area contributed by atoms with Gasteiger partial charge in [-0.2, -0.15) is 0 Å². The second-order valence-electron chi connectivity index (χ2n) is 5.67. The smallest absolute Gasteiger partial charge is 0.0304 e. The van der Waals surface area contributed by atoms with Crippen molar-refractivity contribution < 1.29 is 0 Å². The first-order valence-electron chi connectivity index (χ1n) is 7.17. The van der Waals surface area contributed by atoms with Crippen molar-refractivity contribution in [2.45, 2.75) is 58.7 Å². The first-order chi connectivity index (χ1) is 8.66. The van der Waals surface area contributed by atoms with Gasteiger partial charge < -0.3 is 10.2 Å². The van der Waals surface area contributed by atoms with Crippen molar-refractivity contribution >= 4 is 11.3 Å². The molecular weight excluding hydrogens is 240 g/mol. The van der Waals surface area contributed by atoms with Crippen LogP contribution in [-0.4, -0.2) is 30.1 Å². The van der Waals surface area contributed by atoms with Gasteiger partial charge in [0.25, 0.3) is 0 Å². The molecule has 1 aromatic rings. The Hall–Kier alpha value is -0.380. The lowest BCUT2D eigenvalue weighted by molar-refractivity contribution is 0.229. The number of aryl methyl sites for hydroxylation is 1. The van der Waals surface area contributed by atoms with Gasteiger partial charge in [0.05, 0.1) is 0 Å². The first-order valence-corrected chi connectivity index (χ1v) is 8.05. The van der Waals surface area contributed by atoms with Crippen molar-refractivity contribution in [3.05, 3.63) is 21.9 Å². The molecule has 1 N–H and O–H groups in total. The Balaban J connectivity index is 1.79. The largest absolute Gasteiger partial charge is 0.309 e. The number of likely N-dealkylation sites (tertiary alicyclic amines) is 1. The SMILES string of the molecule is Cc1ccsc1CNC1CCCN(C(C)C)CC1. The van der Waals surface area contributed by atoms with E-state index in [1.54, 1.807) is 0 Å². The third kappa shape index (κ3) is 3.81. The van der Waals surface area contributed by atoms with Gasteiger partial charge in [0.15, 0.2) is 0 Å². The van der Waals surface area contributed by atoms with Crippen LogP contribution < -0.4 is 5.32 Å². The van der Waals surface area contributed by atoms with E-state index >= 15 is 0 Å². The maximum atomic E-state index is 3.75. The van der Waals surface area contributed by atoms with Gasteiger partial charge in [-0.3, -0.25) is 0 Å². The zero-order valence-corrected chi connectivity index (χ0v) is 12.7. The van der Waals surface area contributed by atoms with Crippen LogP contribution in [0.1, 0.15) is 43.6 Å². The van der Waals surface area contributed by atoms with Gasteiger partial charge >= 0.3 is 0 Å². The van der Waals surface area contributed by atoms with Crippen LogP contribution in [0.2, 0.25) is 0 Å². The molecule has 2 nitrogen and oxygen atoms in total. The Bertz CT molecular complexity index is 359. The third-order valence-corrected chi connectivity index (χ3v) is 5.04. The summed E-state index contributed by atoms with van der Waals surface area (Å²) in [5.41, 5.74) is 1.44. The first kappa shape index (κ1) is 14.0. The molecular formula is C15H26N2S. The zero-order valence-electron chi connectivity index (χ0n) is 11.9. The molecule has 2 heterocycles. The fourth-order valence-corrected chi connectivity index (χ4v) is 3.52. The molecule has 0 amide bonds. The number of hydrogen-bond donors (Lipinski definition) is 1. The minimum atomic E-state index is 0.697. The third-order valence-electron chi connectivity index (χ3n) is 4.01. The molecule has 102 valence electrons. The molecule has 0 aliphatic carbocycles. The molecule has 0 aromatic carbocycles. The Labute approximate surface area is 115 Å².